The predicted molar refractivity (Wildman–Crippen MR) is 71.7 cm³/mol. The second kappa shape index (κ2) is 7.00. The zero-order chi connectivity index (χ0) is 12.8. The second-order valence-corrected chi connectivity index (χ2v) is 5.33. The van der Waals surface area contributed by atoms with E-state index >= 15 is 0 Å². The van der Waals surface area contributed by atoms with Gasteiger partial charge in [0.25, 0.3) is 0 Å². The van der Waals surface area contributed by atoms with Gasteiger partial charge in [-0.05, 0) is 25.7 Å². The molecule has 1 amide bonds. The summed E-state index contributed by atoms with van der Waals surface area (Å²) >= 11 is 0. The molecule has 3 nitrogen and oxygen atoms in total. The molecule has 1 rings (SSSR count). The Labute approximate surface area is 106 Å². The zero-order valence-corrected chi connectivity index (χ0v) is 11.6. The summed E-state index contributed by atoms with van der Waals surface area (Å²) < 4.78 is 0. The predicted octanol–water partition coefficient (Wildman–Crippen LogP) is 2.54. The van der Waals surface area contributed by atoms with Crippen molar-refractivity contribution in [1.82, 2.24) is 4.90 Å². The van der Waals surface area contributed by atoms with Crippen LogP contribution in [0.5, 0.6) is 0 Å². The number of hydrogen-bond donors (Lipinski definition) is 1. The molecule has 0 unspecified atom stereocenters. The van der Waals surface area contributed by atoms with Gasteiger partial charge >= 0.3 is 0 Å². The van der Waals surface area contributed by atoms with Crippen molar-refractivity contribution in [3.63, 3.8) is 0 Å². The molecule has 0 heterocycles. The molecule has 0 aromatic carbocycles. The summed E-state index contributed by atoms with van der Waals surface area (Å²) in [6.45, 7) is 7.02. The summed E-state index contributed by atoms with van der Waals surface area (Å²) in [5.41, 5.74) is 6.06. The Hall–Kier alpha value is -0.570. The molecule has 0 saturated heterocycles. The number of carbonyl (C=O) groups excluding carboxylic acids is 1. The van der Waals surface area contributed by atoms with Gasteiger partial charge in [-0.3, -0.25) is 4.79 Å². The van der Waals surface area contributed by atoms with Gasteiger partial charge in [-0.2, -0.15) is 0 Å². The first-order valence-corrected chi connectivity index (χ1v) is 7.17. The van der Waals surface area contributed by atoms with Crippen LogP contribution in [0.15, 0.2) is 0 Å². The Kier molecular flexibility index (Phi) is 5.96. The van der Waals surface area contributed by atoms with E-state index in [1.807, 2.05) is 4.90 Å². The summed E-state index contributed by atoms with van der Waals surface area (Å²) in [4.78, 5) is 14.4. The molecule has 17 heavy (non-hydrogen) atoms. The Balaban J connectivity index is 2.62. The van der Waals surface area contributed by atoms with Crippen LogP contribution < -0.4 is 5.73 Å². The number of likely N-dealkylation sites (N-methyl/N-ethyl adjacent to an activating group) is 1. The van der Waals surface area contributed by atoms with Crippen molar-refractivity contribution in [2.45, 2.75) is 71.4 Å². The minimum Gasteiger partial charge on any atom is -0.339 e. The van der Waals surface area contributed by atoms with E-state index in [0.29, 0.717) is 6.04 Å². The van der Waals surface area contributed by atoms with Crippen molar-refractivity contribution in [2.24, 2.45) is 11.7 Å². The number of amides is 1. The highest BCUT2D eigenvalue weighted by molar-refractivity contribution is 5.82. The molecule has 0 spiro atoms. The average Bonchev–Trinajstić information content (AvgIpc) is 2.38. The van der Waals surface area contributed by atoms with Crippen LogP contribution in [0.25, 0.3) is 0 Å². The topological polar surface area (TPSA) is 46.3 Å². The molecule has 3 heteroatoms. The SMILES string of the molecule is CC[C@H](C)[C@H](N)C(=O)N(CC)C1CCCCC1. The van der Waals surface area contributed by atoms with Crippen molar-refractivity contribution in [3.05, 3.63) is 0 Å². The summed E-state index contributed by atoms with van der Waals surface area (Å²) in [5, 5.41) is 0. The second-order valence-electron chi connectivity index (χ2n) is 5.33. The minimum absolute atomic E-state index is 0.161. The number of nitrogens with zero attached hydrogens (tertiary/aromatic N) is 1. The normalized spacial score (nSPS) is 20.9. The molecule has 0 aromatic rings. The van der Waals surface area contributed by atoms with Crippen molar-refractivity contribution >= 4 is 5.91 Å². The first kappa shape index (κ1) is 14.5. The van der Waals surface area contributed by atoms with E-state index in [4.69, 9.17) is 5.73 Å². The Morgan fingerprint density at radius 1 is 1.29 bits per heavy atom. The molecule has 100 valence electrons. The molecule has 1 fully saturated rings. The van der Waals surface area contributed by atoms with Crippen molar-refractivity contribution in [1.29, 1.82) is 0 Å². The Bertz CT molecular complexity index is 236. The Morgan fingerprint density at radius 3 is 2.35 bits per heavy atom. The molecule has 0 aliphatic heterocycles. The van der Waals surface area contributed by atoms with E-state index in [-0.39, 0.29) is 17.9 Å². The highest BCUT2D eigenvalue weighted by Crippen LogP contribution is 2.23. The fourth-order valence-electron chi connectivity index (χ4n) is 2.68. The molecule has 1 aliphatic carbocycles. The van der Waals surface area contributed by atoms with Crippen LogP contribution >= 0.6 is 0 Å². The maximum Gasteiger partial charge on any atom is 0.239 e. The van der Waals surface area contributed by atoms with Crippen molar-refractivity contribution in [3.8, 4) is 0 Å². The van der Waals surface area contributed by atoms with E-state index < -0.39 is 0 Å². The van der Waals surface area contributed by atoms with Crippen LogP contribution in [0.2, 0.25) is 0 Å². The molecule has 1 aliphatic rings. The smallest absolute Gasteiger partial charge is 0.239 e. The quantitative estimate of drug-likeness (QED) is 0.802. The van der Waals surface area contributed by atoms with Crippen LogP contribution in [0.4, 0.5) is 0 Å². The first-order chi connectivity index (χ1) is 8.11. The molecular weight excluding hydrogens is 212 g/mol. The molecule has 0 radical (unpaired) electrons. The summed E-state index contributed by atoms with van der Waals surface area (Å²) in [6, 6.07) is 0.123. The van der Waals surface area contributed by atoms with Crippen LogP contribution in [-0.2, 0) is 4.79 Å². The van der Waals surface area contributed by atoms with Crippen molar-refractivity contribution in [2.75, 3.05) is 6.54 Å². The van der Waals surface area contributed by atoms with E-state index in [1.165, 1.54) is 19.3 Å². The largest absolute Gasteiger partial charge is 0.339 e. The van der Waals surface area contributed by atoms with Gasteiger partial charge < -0.3 is 10.6 Å². The summed E-state index contributed by atoms with van der Waals surface area (Å²) in [7, 11) is 0. The lowest BCUT2D eigenvalue weighted by atomic mass is 9.92. The maximum atomic E-state index is 12.4. The van der Waals surface area contributed by atoms with E-state index in [2.05, 4.69) is 20.8 Å². The maximum absolute atomic E-state index is 12.4. The monoisotopic (exact) mass is 240 g/mol. The van der Waals surface area contributed by atoms with E-state index in [9.17, 15) is 4.79 Å². The highest BCUT2D eigenvalue weighted by atomic mass is 16.2. The van der Waals surface area contributed by atoms with Gasteiger partial charge in [-0.15, -0.1) is 0 Å². The molecule has 0 aromatic heterocycles. The third-order valence-corrected chi connectivity index (χ3v) is 4.18. The number of rotatable bonds is 5. The molecular formula is C14H28N2O. The van der Waals surface area contributed by atoms with Crippen molar-refractivity contribution < 1.29 is 4.79 Å². The number of hydrogen-bond acceptors (Lipinski definition) is 2. The molecule has 2 atom stereocenters. The van der Waals surface area contributed by atoms with E-state index in [0.717, 1.165) is 25.8 Å². The fourth-order valence-corrected chi connectivity index (χ4v) is 2.68. The Morgan fingerprint density at radius 2 is 1.88 bits per heavy atom. The summed E-state index contributed by atoms with van der Waals surface area (Å²) in [5.74, 6) is 0.439. The lowest BCUT2D eigenvalue weighted by molar-refractivity contribution is -0.136. The molecule has 1 saturated carbocycles. The lowest BCUT2D eigenvalue weighted by Gasteiger charge is -2.36. The average molecular weight is 240 g/mol. The van der Waals surface area contributed by atoms with Gasteiger partial charge in [-0.1, -0.05) is 39.5 Å². The molecule has 2 N–H and O–H groups in total. The lowest BCUT2D eigenvalue weighted by Crippen LogP contribution is -2.51. The van der Waals surface area contributed by atoms with Crippen LogP contribution in [-0.4, -0.2) is 29.4 Å². The van der Waals surface area contributed by atoms with Crippen LogP contribution in [0.1, 0.15) is 59.3 Å². The molecule has 0 bridgehead atoms. The fraction of sp³-hybridized carbons (Fsp3) is 0.929. The van der Waals surface area contributed by atoms with Gasteiger partial charge in [0.2, 0.25) is 5.91 Å². The third kappa shape index (κ3) is 3.70. The third-order valence-electron chi connectivity index (χ3n) is 4.18. The van der Waals surface area contributed by atoms with Gasteiger partial charge in [0.15, 0.2) is 0 Å². The van der Waals surface area contributed by atoms with Gasteiger partial charge in [0.05, 0.1) is 6.04 Å². The zero-order valence-electron chi connectivity index (χ0n) is 11.6. The highest BCUT2D eigenvalue weighted by Gasteiger charge is 2.29. The van der Waals surface area contributed by atoms with Gasteiger partial charge in [-0.25, -0.2) is 0 Å². The number of nitrogens with two attached hydrogens (primary N) is 1. The minimum atomic E-state index is -0.318. The van der Waals surface area contributed by atoms with Gasteiger partial charge in [0, 0.05) is 12.6 Å². The van der Waals surface area contributed by atoms with Crippen LogP contribution in [0.3, 0.4) is 0 Å². The standard InChI is InChI=1S/C14H28N2O/c1-4-11(3)13(15)14(17)16(5-2)12-9-7-6-8-10-12/h11-13H,4-10,15H2,1-3H3/t11-,13-/m0/s1. The number of carbonyl (C=O) groups is 1. The van der Waals surface area contributed by atoms with Gasteiger partial charge in [0.1, 0.15) is 0 Å². The first-order valence-electron chi connectivity index (χ1n) is 7.17. The van der Waals surface area contributed by atoms with Crippen LogP contribution in [0, 0.1) is 5.92 Å². The van der Waals surface area contributed by atoms with E-state index in [1.54, 1.807) is 0 Å². The summed E-state index contributed by atoms with van der Waals surface area (Å²) in [6.07, 6.45) is 7.12.